The molecule has 0 aliphatic heterocycles. The van der Waals surface area contributed by atoms with Crippen LogP contribution in [0.1, 0.15) is 12.5 Å². The molecular weight excluding hydrogens is 322 g/mol. The van der Waals surface area contributed by atoms with Crippen molar-refractivity contribution in [2.45, 2.75) is 18.7 Å². The van der Waals surface area contributed by atoms with Crippen LogP contribution in [0.4, 0.5) is 5.69 Å². The molecular formula is C15H15NO6S. The molecule has 0 aliphatic rings. The molecule has 0 heterocycles. The van der Waals surface area contributed by atoms with Gasteiger partial charge >= 0.3 is 10.1 Å². The number of hydrogen-bond acceptors (Lipinski definition) is 6. The van der Waals surface area contributed by atoms with Crippen molar-refractivity contribution in [3.8, 4) is 11.5 Å². The molecule has 0 saturated heterocycles. The van der Waals surface area contributed by atoms with Gasteiger partial charge in [-0.3, -0.25) is 10.1 Å². The molecule has 0 amide bonds. The van der Waals surface area contributed by atoms with Crippen LogP contribution in [-0.4, -0.2) is 19.9 Å². The molecule has 0 bridgehead atoms. The topological polar surface area (TPSA) is 95.7 Å². The van der Waals surface area contributed by atoms with Gasteiger partial charge in [0.1, 0.15) is 16.4 Å². The summed E-state index contributed by atoms with van der Waals surface area (Å²) in [6, 6.07) is 9.66. The average molecular weight is 337 g/mol. The Balaban J connectivity index is 2.31. The third kappa shape index (κ3) is 3.98. The molecule has 23 heavy (non-hydrogen) atoms. The number of nitro groups is 1. The minimum atomic E-state index is -4.17. The van der Waals surface area contributed by atoms with Gasteiger partial charge in [-0.1, -0.05) is 6.07 Å². The first-order valence-electron chi connectivity index (χ1n) is 6.76. The van der Waals surface area contributed by atoms with Gasteiger partial charge in [-0.2, -0.15) is 8.42 Å². The van der Waals surface area contributed by atoms with Crippen molar-refractivity contribution in [1.29, 1.82) is 0 Å². The molecule has 0 fully saturated rings. The summed E-state index contributed by atoms with van der Waals surface area (Å²) in [7, 11) is -4.17. The zero-order chi connectivity index (χ0) is 17.0. The van der Waals surface area contributed by atoms with E-state index in [9.17, 15) is 18.5 Å². The first-order valence-corrected chi connectivity index (χ1v) is 8.16. The Labute approximate surface area is 133 Å². The van der Waals surface area contributed by atoms with E-state index in [0.717, 1.165) is 6.07 Å². The Bertz CT molecular complexity index is 814. The molecule has 8 heteroatoms. The summed E-state index contributed by atoms with van der Waals surface area (Å²) in [5.74, 6) is 0.683. The molecule has 0 radical (unpaired) electrons. The second-order valence-electron chi connectivity index (χ2n) is 4.65. The van der Waals surface area contributed by atoms with Crippen LogP contribution >= 0.6 is 0 Å². The van der Waals surface area contributed by atoms with E-state index < -0.39 is 15.0 Å². The summed E-state index contributed by atoms with van der Waals surface area (Å²) in [6.45, 7) is 3.86. The van der Waals surface area contributed by atoms with Crippen LogP contribution in [-0.2, 0) is 10.1 Å². The first-order chi connectivity index (χ1) is 10.8. The Morgan fingerprint density at radius 2 is 1.70 bits per heavy atom. The van der Waals surface area contributed by atoms with E-state index in [1.54, 1.807) is 12.1 Å². The van der Waals surface area contributed by atoms with Crippen LogP contribution < -0.4 is 8.92 Å². The number of nitrogens with zero attached hydrogens (tertiary/aromatic N) is 1. The van der Waals surface area contributed by atoms with Gasteiger partial charge < -0.3 is 8.92 Å². The van der Waals surface area contributed by atoms with Crippen LogP contribution in [0.25, 0.3) is 0 Å². The number of non-ortho nitro benzene ring substituents is 1. The Morgan fingerprint density at radius 1 is 1.09 bits per heavy atom. The highest BCUT2D eigenvalue weighted by Crippen LogP contribution is 2.26. The van der Waals surface area contributed by atoms with E-state index in [1.807, 2.05) is 6.92 Å². The van der Waals surface area contributed by atoms with Gasteiger partial charge in [0, 0.05) is 12.1 Å². The van der Waals surface area contributed by atoms with Gasteiger partial charge in [0.05, 0.1) is 11.5 Å². The fourth-order valence-corrected chi connectivity index (χ4v) is 3.08. The number of rotatable bonds is 6. The van der Waals surface area contributed by atoms with Crippen molar-refractivity contribution in [2.24, 2.45) is 0 Å². The van der Waals surface area contributed by atoms with Gasteiger partial charge in [0.25, 0.3) is 5.69 Å². The number of ether oxygens (including phenoxy) is 1. The first kappa shape index (κ1) is 16.8. The van der Waals surface area contributed by atoms with Crippen molar-refractivity contribution in [2.75, 3.05) is 6.61 Å². The summed E-state index contributed by atoms with van der Waals surface area (Å²) in [4.78, 5) is 9.91. The molecule has 0 aromatic heterocycles. The zero-order valence-corrected chi connectivity index (χ0v) is 13.4. The van der Waals surface area contributed by atoms with Gasteiger partial charge in [-0.15, -0.1) is 0 Å². The molecule has 2 rings (SSSR count). The molecule has 0 saturated carbocycles. The molecule has 0 atom stereocenters. The molecule has 2 aromatic rings. The van der Waals surface area contributed by atoms with Crippen LogP contribution in [0.5, 0.6) is 11.5 Å². The maximum Gasteiger partial charge on any atom is 0.339 e. The van der Waals surface area contributed by atoms with E-state index in [0.29, 0.717) is 17.9 Å². The third-order valence-corrected chi connectivity index (χ3v) is 4.38. The minimum absolute atomic E-state index is 0.0966. The van der Waals surface area contributed by atoms with Gasteiger partial charge in [0.2, 0.25) is 0 Å². The maximum absolute atomic E-state index is 12.3. The standard InChI is InChI=1S/C15H15NO6S/c1-3-21-13-6-8-14(9-7-13)22-23(19,20)15-10-12(16(17)18)5-4-11(15)2/h4-10H,3H2,1-2H3. The summed E-state index contributed by atoms with van der Waals surface area (Å²) in [5.41, 5.74) is 0.0472. The number of hydrogen-bond donors (Lipinski definition) is 0. The van der Waals surface area contributed by atoms with Crippen LogP contribution in [0.3, 0.4) is 0 Å². The summed E-state index contributed by atoms with van der Waals surface area (Å²) in [5, 5.41) is 10.8. The highest BCUT2D eigenvalue weighted by atomic mass is 32.2. The molecule has 122 valence electrons. The van der Waals surface area contributed by atoms with Crippen molar-refractivity contribution >= 4 is 15.8 Å². The average Bonchev–Trinajstić information content (AvgIpc) is 2.49. The second-order valence-corrected chi connectivity index (χ2v) is 6.16. The predicted molar refractivity (Wildman–Crippen MR) is 83.3 cm³/mol. The lowest BCUT2D eigenvalue weighted by Gasteiger charge is -2.10. The largest absolute Gasteiger partial charge is 0.494 e. The molecule has 0 unspecified atom stereocenters. The number of benzene rings is 2. The Kier molecular flexibility index (Phi) is 4.85. The van der Waals surface area contributed by atoms with E-state index in [4.69, 9.17) is 8.92 Å². The van der Waals surface area contributed by atoms with Crippen molar-refractivity contribution in [1.82, 2.24) is 0 Å². The molecule has 0 N–H and O–H groups in total. The number of nitro benzene ring substituents is 1. The van der Waals surface area contributed by atoms with E-state index in [-0.39, 0.29) is 16.3 Å². The summed E-state index contributed by atoms with van der Waals surface area (Å²) < 4.78 is 35.0. The van der Waals surface area contributed by atoms with Crippen molar-refractivity contribution in [3.63, 3.8) is 0 Å². The van der Waals surface area contributed by atoms with Crippen LogP contribution in [0, 0.1) is 17.0 Å². The lowest BCUT2D eigenvalue weighted by Crippen LogP contribution is -2.11. The van der Waals surface area contributed by atoms with E-state index >= 15 is 0 Å². The summed E-state index contributed by atoms with van der Waals surface area (Å²) >= 11 is 0. The van der Waals surface area contributed by atoms with Crippen LogP contribution in [0.2, 0.25) is 0 Å². The highest BCUT2D eigenvalue weighted by molar-refractivity contribution is 7.87. The van der Waals surface area contributed by atoms with E-state index in [2.05, 4.69) is 0 Å². The zero-order valence-electron chi connectivity index (χ0n) is 12.6. The summed E-state index contributed by atoms with van der Waals surface area (Å²) in [6.07, 6.45) is 0. The number of aryl methyl sites for hydroxylation is 1. The Hall–Kier alpha value is -2.61. The van der Waals surface area contributed by atoms with Crippen LogP contribution in [0.15, 0.2) is 47.4 Å². The smallest absolute Gasteiger partial charge is 0.339 e. The minimum Gasteiger partial charge on any atom is -0.494 e. The van der Waals surface area contributed by atoms with Gasteiger partial charge in [0.15, 0.2) is 0 Å². The highest BCUT2D eigenvalue weighted by Gasteiger charge is 2.22. The fourth-order valence-electron chi connectivity index (χ4n) is 1.90. The quantitative estimate of drug-likeness (QED) is 0.456. The third-order valence-electron chi connectivity index (χ3n) is 2.99. The molecule has 0 spiro atoms. The normalized spacial score (nSPS) is 11.0. The fraction of sp³-hybridized carbons (Fsp3) is 0.200. The predicted octanol–water partition coefficient (Wildman–Crippen LogP) is 3.07. The van der Waals surface area contributed by atoms with E-state index in [1.165, 1.54) is 31.2 Å². The molecule has 2 aromatic carbocycles. The Morgan fingerprint density at radius 3 is 2.26 bits per heavy atom. The van der Waals surface area contributed by atoms with Gasteiger partial charge in [-0.05, 0) is 43.7 Å². The molecule has 0 aliphatic carbocycles. The lowest BCUT2D eigenvalue weighted by atomic mass is 10.2. The van der Waals surface area contributed by atoms with Crippen molar-refractivity contribution < 1.29 is 22.3 Å². The second kappa shape index (κ2) is 6.66. The van der Waals surface area contributed by atoms with Crippen molar-refractivity contribution in [3.05, 3.63) is 58.1 Å². The van der Waals surface area contributed by atoms with Gasteiger partial charge in [-0.25, -0.2) is 0 Å². The maximum atomic E-state index is 12.3. The SMILES string of the molecule is CCOc1ccc(OS(=O)(=O)c2cc([N+](=O)[O-])ccc2C)cc1. The monoisotopic (exact) mass is 337 g/mol. The molecule has 7 nitrogen and oxygen atoms in total. The lowest BCUT2D eigenvalue weighted by molar-refractivity contribution is -0.385.